The van der Waals surface area contributed by atoms with Crippen LogP contribution in [0.15, 0.2) is 66.7 Å². The lowest BCUT2D eigenvalue weighted by Crippen LogP contribution is -2.12. The summed E-state index contributed by atoms with van der Waals surface area (Å²) < 4.78 is 32.5. The largest absolute Gasteiger partial charge is 0.423 e. The number of rotatable bonds is 5. The fourth-order valence-corrected chi connectivity index (χ4v) is 1.82. The molecule has 0 saturated heterocycles. The quantitative estimate of drug-likeness (QED) is 0.156. The van der Waals surface area contributed by atoms with E-state index in [1.54, 1.807) is 48.5 Å². The Kier molecular flexibility index (Phi) is 5.25. The predicted molar refractivity (Wildman–Crippen MR) is 83.9 cm³/mol. The molecule has 2 aromatic rings. The van der Waals surface area contributed by atoms with Crippen molar-refractivity contribution < 1.29 is 22.9 Å². The Hall–Kier alpha value is -2.95. The molecule has 0 spiro atoms. The molecule has 0 heterocycles. The summed E-state index contributed by atoms with van der Waals surface area (Å²) in [6.45, 7) is 3.12. The van der Waals surface area contributed by atoms with E-state index in [0.717, 1.165) is 4.58 Å². The Bertz CT molecular complexity index is 740. The van der Waals surface area contributed by atoms with Gasteiger partial charge in [-0.05, 0) is 25.1 Å². The molecule has 0 aliphatic rings. The van der Waals surface area contributed by atoms with Crippen LogP contribution in [-0.4, -0.2) is 16.8 Å². The summed E-state index contributed by atoms with van der Waals surface area (Å²) in [5, 5.41) is 0. The molecule has 118 valence electrons. The Morgan fingerprint density at radius 1 is 1.13 bits per heavy atom. The number of halogens is 2. The van der Waals surface area contributed by atoms with E-state index in [1.807, 2.05) is 0 Å². The first-order chi connectivity index (χ1) is 11.0. The van der Waals surface area contributed by atoms with Crippen LogP contribution in [0.1, 0.15) is 12.5 Å². The van der Waals surface area contributed by atoms with Crippen LogP contribution >= 0.6 is 0 Å². The van der Waals surface area contributed by atoms with Crippen LogP contribution in [0.5, 0.6) is 5.75 Å². The molecule has 23 heavy (non-hydrogen) atoms. The molecule has 0 radical (unpaired) electrons. The Labute approximate surface area is 133 Å². The Morgan fingerprint density at radius 3 is 2.35 bits per heavy atom. The molecule has 0 unspecified atom stereocenters. The molecule has 0 aromatic heterocycles. The van der Waals surface area contributed by atoms with E-state index < -0.39 is 12.5 Å². The molecule has 0 amide bonds. The molecule has 0 fully saturated rings. The van der Waals surface area contributed by atoms with E-state index >= 15 is 0 Å². The summed E-state index contributed by atoms with van der Waals surface area (Å²) in [6.07, 6.45) is 1.21. The summed E-state index contributed by atoms with van der Waals surface area (Å²) in [4.78, 5) is 11.7. The average molecular weight is 315 g/mol. The summed E-state index contributed by atoms with van der Waals surface area (Å²) in [5.41, 5.74) is 0.871. The maximum absolute atomic E-state index is 13.3. The topological polar surface area (TPSA) is 29.3 Å². The van der Waals surface area contributed by atoms with Crippen molar-refractivity contribution in [2.75, 3.05) is 0 Å². The van der Waals surface area contributed by atoms with Crippen LogP contribution in [0, 0.1) is 6.55 Å². The van der Waals surface area contributed by atoms with E-state index in [2.05, 4.69) is 6.58 Å². The van der Waals surface area contributed by atoms with Gasteiger partial charge in [-0.3, -0.25) is 4.58 Å². The predicted octanol–water partition coefficient (Wildman–Crippen LogP) is 4.32. The second-order valence-corrected chi connectivity index (χ2v) is 4.78. The van der Waals surface area contributed by atoms with Gasteiger partial charge in [-0.25, -0.2) is 4.79 Å². The van der Waals surface area contributed by atoms with Crippen molar-refractivity contribution in [3.8, 4) is 5.75 Å². The molecule has 0 atom stereocenters. The minimum Gasteiger partial charge on any atom is -0.423 e. The van der Waals surface area contributed by atoms with Gasteiger partial charge in [0.1, 0.15) is 11.4 Å². The summed E-state index contributed by atoms with van der Waals surface area (Å²) in [5.74, 6) is -0.426. The minimum atomic E-state index is -1.89. The van der Waals surface area contributed by atoms with Gasteiger partial charge in [-0.2, -0.15) is 8.78 Å². The van der Waals surface area contributed by atoms with Gasteiger partial charge < -0.3 is 4.74 Å². The van der Waals surface area contributed by atoms with Crippen LogP contribution < -0.4 is 4.74 Å². The van der Waals surface area contributed by atoms with Crippen LogP contribution in [0.2, 0.25) is 0 Å². The van der Waals surface area contributed by atoms with Crippen LogP contribution in [0.4, 0.5) is 14.5 Å². The zero-order chi connectivity index (χ0) is 16.8. The van der Waals surface area contributed by atoms with E-state index in [-0.39, 0.29) is 11.3 Å². The van der Waals surface area contributed by atoms with Crippen molar-refractivity contribution in [3.63, 3.8) is 0 Å². The highest BCUT2D eigenvalue weighted by Gasteiger charge is 2.15. The van der Waals surface area contributed by atoms with Crippen molar-refractivity contribution in [1.82, 2.24) is 0 Å². The maximum Gasteiger partial charge on any atom is 0.419 e. The highest BCUT2D eigenvalue weighted by Crippen LogP contribution is 2.23. The van der Waals surface area contributed by atoms with Crippen LogP contribution in [0.25, 0.3) is 0 Å². The molecular formula is C18H15F2NO2. The second kappa shape index (κ2) is 7.35. The molecule has 2 aromatic carbocycles. The number of hydrogen-bond acceptors (Lipinski definition) is 2. The number of carbonyl (C=O) groups excluding carboxylic acids is 1. The lowest BCUT2D eigenvalue weighted by Gasteiger charge is -2.11. The van der Waals surface area contributed by atoms with E-state index in [1.165, 1.54) is 19.2 Å². The maximum atomic E-state index is 13.3. The highest BCUT2D eigenvalue weighted by atomic mass is 19.3. The first-order valence-electron chi connectivity index (χ1n) is 6.83. The number of esters is 1. The highest BCUT2D eigenvalue weighted by molar-refractivity contribution is 5.91. The normalized spacial score (nSPS) is 11.0. The number of nitrogens with zero attached hydrogens (tertiary/aromatic N) is 1. The lowest BCUT2D eigenvalue weighted by atomic mass is 10.2. The van der Waals surface area contributed by atoms with Gasteiger partial charge in [-0.1, -0.05) is 43.0 Å². The molecule has 2 rings (SSSR count). The van der Waals surface area contributed by atoms with Crippen molar-refractivity contribution in [1.29, 1.82) is 0 Å². The van der Waals surface area contributed by atoms with E-state index in [4.69, 9.17) is 4.74 Å². The monoisotopic (exact) mass is 315 g/mol. The Balaban J connectivity index is 2.44. The number of hydrogen-bond donors (Lipinski definition) is 0. The molecule has 0 aliphatic carbocycles. The molecule has 5 heteroatoms. The van der Waals surface area contributed by atoms with Gasteiger partial charge in [0.25, 0.3) is 0 Å². The summed E-state index contributed by atoms with van der Waals surface area (Å²) >= 11 is 0. The summed E-state index contributed by atoms with van der Waals surface area (Å²) in [6, 6.07) is 14.6. The average Bonchev–Trinajstić information content (AvgIpc) is 2.54. The van der Waals surface area contributed by atoms with Crippen molar-refractivity contribution in [2.45, 2.75) is 6.92 Å². The zero-order valence-electron chi connectivity index (χ0n) is 12.5. The van der Waals surface area contributed by atoms with Gasteiger partial charge in [0, 0.05) is 11.1 Å². The van der Waals surface area contributed by atoms with Crippen LogP contribution in [-0.2, 0) is 4.79 Å². The number of benzene rings is 2. The third-order valence-corrected chi connectivity index (χ3v) is 2.95. The number of para-hydroxylation sites is 2. The van der Waals surface area contributed by atoms with Crippen molar-refractivity contribution in [3.05, 3.63) is 78.9 Å². The lowest BCUT2D eigenvalue weighted by molar-refractivity contribution is -0.479. The Morgan fingerprint density at radius 2 is 1.74 bits per heavy atom. The van der Waals surface area contributed by atoms with E-state index in [0.29, 0.717) is 11.3 Å². The minimum absolute atomic E-state index is 0.183. The van der Waals surface area contributed by atoms with Gasteiger partial charge in [0.2, 0.25) is 0 Å². The standard InChI is InChI=1S/C18H15F2NO2/c1-13(2)17(22)23-16-11-7-6-8-14(16)12-21(18(19)20)15-9-4-3-5-10-15/h3-12H,1H2,2H3. The molecule has 0 bridgehead atoms. The third kappa shape index (κ3) is 4.26. The number of ether oxygens (including phenoxy) is 1. The SMILES string of the molecule is C=C(C)C(=O)Oc1ccccc1/C=[N+](/c1ccccc1)[C-](F)F. The van der Waals surface area contributed by atoms with Crippen molar-refractivity contribution >= 4 is 17.9 Å². The zero-order valence-corrected chi connectivity index (χ0v) is 12.5. The van der Waals surface area contributed by atoms with Gasteiger partial charge in [-0.15, -0.1) is 0 Å². The van der Waals surface area contributed by atoms with Crippen molar-refractivity contribution in [2.24, 2.45) is 0 Å². The molecule has 0 N–H and O–H groups in total. The first-order valence-corrected chi connectivity index (χ1v) is 6.83. The van der Waals surface area contributed by atoms with Crippen LogP contribution in [0.3, 0.4) is 0 Å². The van der Waals surface area contributed by atoms with Gasteiger partial charge in [0.05, 0.1) is 6.21 Å². The third-order valence-electron chi connectivity index (χ3n) is 2.95. The van der Waals surface area contributed by atoms with Gasteiger partial charge >= 0.3 is 12.5 Å². The van der Waals surface area contributed by atoms with Gasteiger partial charge in [0.15, 0.2) is 0 Å². The molecule has 0 saturated carbocycles. The fourth-order valence-electron chi connectivity index (χ4n) is 1.82. The molecular weight excluding hydrogens is 300 g/mol. The molecule has 0 aliphatic heterocycles. The molecule has 3 nitrogen and oxygen atoms in total. The fraction of sp³-hybridized carbons (Fsp3) is 0.0556. The summed E-state index contributed by atoms with van der Waals surface area (Å²) in [7, 11) is 0. The second-order valence-electron chi connectivity index (χ2n) is 4.78. The first kappa shape index (κ1) is 16.4. The van der Waals surface area contributed by atoms with E-state index in [9.17, 15) is 13.6 Å². The number of carbonyl (C=O) groups is 1. The smallest absolute Gasteiger partial charge is 0.419 e.